The summed E-state index contributed by atoms with van der Waals surface area (Å²) >= 11 is 0. The zero-order valence-corrected chi connectivity index (χ0v) is 18.8. The maximum absolute atomic E-state index is 11.8. The van der Waals surface area contributed by atoms with Crippen LogP contribution in [0.4, 0.5) is 0 Å². The molecule has 0 atom stereocenters. The van der Waals surface area contributed by atoms with Crippen molar-refractivity contribution in [2.24, 2.45) is 5.34 Å². The Kier molecular flexibility index (Phi) is 7.68. The number of para-hydroxylation sites is 1. The second kappa shape index (κ2) is 10.4. The Labute approximate surface area is 190 Å². The fourth-order valence-electron chi connectivity index (χ4n) is 3.52. The van der Waals surface area contributed by atoms with Gasteiger partial charge in [-0.25, -0.2) is 0 Å². The number of hydrogen-bond donors (Lipinski definition) is 3. The molecule has 9 heteroatoms. The van der Waals surface area contributed by atoms with E-state index in [-0.39, 0.29) is 20.4 Å². The van der Waals surface area contributed by atoms with Gasteiger partial charge >= 0.3 is 0 Å². The highest BCUT2D eigenvalue weighted by Gasteiger charge is 2.16. The van der Waals surface area contributed by atoms with Crippen LogP contribution in [0.1, 0.15) is 19.1 Å². The highest BCUT2D eigenvalue weighted by molar-refractivity contribution is 8.23. The smallest absolute Gasteiger partial charge is 0.223 e. The molecule has 0 saturated heterocycles. The molecular weight excluding hydrogens is 430 g/mol. The lowest BCUT2D eigenvalue weighted by atomic mass is 10.1. The Bertz CT molecular complexity index is 1070. The van der Waals surface area contributed by atoms with E-state index in [1.807, 2.05) is 49.4 Å². The highest BCUT2D eigenvalue weighted by atomic mass is 32.3. The van der Waals surface area contributed by atoms with Crippen molar-refractivity contribution in [1.29, 1.82) is 0 Å². The first kappa shape index (κ1) is 23.5. The SMILES string of the molecule is Cc1c(CCNC(=O)CCON=O)cc(-c2ccc(S(C)(O)O)cc2)n1-c1ccccc1.[HH]. The number of carbonyl (C=O) groups excluding carboxylic acids is 1. The second-order valence-corrected chi connectivity index (χ2v) is 9.57. The molecule has 0 aliphatic carbocycles. The number of benzene rings is 2. The largest absolute Gasteiger partial charge is 0.364 e. The van der Waals surface area contributed by atoms with Gasteiger partial charge in [0.1, 0.15) is 6.61 Å². The topological polar surface area (TPSA) is 113 Å². The third kappa shape index (κ3) is 5.76. The van der Waals surface area contributed by atoms with Crippen LogP contribution in [0.15, 0.2) is 70.9 Å². The molecule has 8 nitrogen and oxygen atoms in total. The molecule has 0 saturated carbocycles. The van der Waals surface area contributed by atoms with Crippen LogP contribution >= 0.6 is 10.6 Å². The average molecular weight is 460 g/mol. The quantitative estimate of drug-likeness (QED) is 0.219. The lowest BCUT2D eigenvalue weighted by Crippen LogP contribution is -2.26. The Morgan fingerprint density at radius 1 is 1.16 bits per heavy atom. The molecule has 3 N–H and O–H groups in total. The van der Waals surface area contributed by atoms with Gasteiger partial charge in [-0.1, -0.05) is 30.3 Å². The summed E-state index contributed by atoms with van der Waals surface area (Å²) in [6, 6.07) is 19.3. The Morgan fingerprint density at radius 3 is 2.47 bits per heavy atom. The molecule has 0 unspecified atom stereocenters. The summed E-state index contributed by atoms with van der Waals surface area (Å²) in [5.41, 5.74) is 5.06. The molecule has 0 aliphatic heterocycles. The molecule has 1 amide bonds. The van der Waals surface area contributed by atoms with Gasteiger partial charge < -0.3 is 14.7 Å². The third-order valence-corrected chi connectivity index (χ3v) is 6.32. The van der Waals surface area contributed by atoms with Gasteiger partial charge in [-0.2, -0.15) is 10.6 Å². The van der Waals surface area contributed by atoms with Crippen molar-refractivity contribution in [2.45, 2.75) is 24.7 Å². The molecule has 0 fully saturated rings. The molecule has 2 aromatic carbocycles. The summed E-state index contributed by atoms with van der Waals surface area (Å²) in [5, 5.41) is 5.10. The zero-order chi connectivity index (χ0) is 23.1. The molecule has 32 heavy (non-hydrogen) atoms. The van der Waals surface area contributed by atoms with Crippen molar-refractivity contribution in [1.82, 2.24) is 9.88 Å². The summed E-state index contributed by atoms with van der Waals surface area (Å²) in [5.74, 6) is -0.205. The van der Waals surface area contributed by atoms with Crippen molar-refractivity contribution < 1.29 is 20.2 Å². The summed E-state index contributed by atoms with van der Waals surface area (Å²) in [4.78, 5) is 26.6. The molecule has 0 aliphatic rings. The first-order valence-electron chi connectivity index (χ1n) is 10.1. The van der Waals surface area contributed by atoms with Crippen LogP contribution in [0.3, 0.4) is 0 Å². The minimum Gasteiger partial charge on any atom is -0.364 e. The number of nitrogens with one attached hydrogen (secondary N) is 1. The van der Waals surface area contributed by atoms with Crippen molar-refractivity contribution in [3.05, 3.63) is 76.8 Å². The monoisotopic (exact) mass is 459 g/mol. The highest BCUT2D eigenvalue weighted by Crippen LogP contribution is 2.44. The van der Waals surface area contributed by atoms with Crippen molar-refractivity contribution in [3.8, 4) is 16.9 Å². The Balaban J connectivity index is 0.00000385. The maximum Gasteiger partial charge on any atom is 0.223 e. The fourth-order valence-corrected chi connectivity index (χ4v) is 4.17. The average Bonchev–Trinajstić information content (AvgIpc) is 3.10. The van der Waals surface area contributed by atoms with Gasteiger partial charge in [0.2, 0.25) is 5.91 Å². The van der Waals surface area contributed by atoms with E-state index in [0.29, 0.717) is 17.9 Å². The fraction of sp³-hybridized carbons (Fsp3) is 0.261. The molecule has 1 heterocycles. The molecule has 0 radical (unpaired) electrons. The maximum atomic E-state index is 11.8. The zero-order valence-electron chi connectivity index (χ0n) is 18.0. The van der Waals surface area contributed by atoms with Gasteiger partial charge in [-0.3, -0.25) is 13.9 Å². The molecular formula is C23H29N3O5S. The van der Waals surface area contributed by atoms with E-state index < -0.39 is 10.6 Å². The van der Waals surface area contributed by atoms with Gasteiger partial charge in [-0.05, 0) is 54.8 Å². The minimum atomic E-state index is -2.77. The number of hydrogen-bond acceptors (Lipinski definition) is 6. The first-order chi connectivity index (χ1) is 15.3. The van der Waals surface area contributed by atoms with E-state index in [2.05, 4.69) is 26.1 Å². The summed E-state index contributed by atoms with van der Waals surface area (Å²) < 4.78 is 22.0. The van der Waals surface area contributed by atoms with Crippen LogP contribution in [0, 0.1) is 11.8 Å². The third-order valence-electron chi connectivity index (χ3n) is 5.15. The van der Waals surface area contributed by atoms with E-state index >= 15 is 0 Å². The van der Waals surface area contributed by atoms with Crippen LogP contribution in [0.5, 0.6) is 0 Å². The van der Waals surface area contributed by atoms with Crippen molar-refractivity contribution in [3.63, 3.8) is 0 Å². The predicted octanol–water partition coefficient (Wildman–Crippen LogP) is 5.18. The molecule has 1 aromatic heterocycles. The van der Waals surface area contributed by atoms with Crippen molar-refractivity contribution >= 4 is 16.5 Å². The van der Waals surface area contributed by atoms with Crippen LogP contribution in [-0.2, 0) is 16.1 Å². The van der Waals surface area contributed by atoms with Crippen molar-refractivity contribution in [2.75, 3.05) is 19.4 Å². The minimum absolute atomic E-state index is 0. The molecule has 3 rings (SSSR count). The molecule has 0 spiro atoms. The van der Waals surface area contributed by atoms with Gasteiger partial charge in [0.05, 0.1) is 17.0 Å². The Hall–Kier alpha value is -3.14. The van der Waals surface area contributed by atoms with Gasteiger partial charge in [0, 0.05) is 25.6 Å². The number of aromatic nitrogens is 1. The first-order valence-corrected chi connectivity index (χ1v) is 12.1. The molecule has 0 bridgehead atoms. The van der Waals surface area contributed by atoms with E-state index in [1.54, 1.807) is 12.1 Å². The van der Waals surface area contributed by atoms with Crippen LogP contribution in [0.2, 0.25) is 0 Å². The number of amides is 1. The van der Waals surface area contributed by atoms with Crippen LogP contribution in [0.25, 0.3) is 16.9 Å². The normalized spacial score (nSPS) is 11.8. The van der Waals surface area contributed by atoms with Crippen LogP contribution in [-0.4, -0.2) is 39.0 Å². The Morgan fingerprint density at radius 2 is 1.84 bits per heavy atom. The van der Waals surface area contributed by atoms with Gasteiger partial charge in [0.15, 0.2) is 5.34 Å². The number of nitrogens with zero attached hydrogens (tertiary/aromatic N) is 2. The summed E-state index contributed by atoms with van der Waals surface area (Å²) in [6.45, 7) is 2.44. The summed E-state index contributed by atoms with van der Waals surface area (Å²) in [6.07, 6.45) is 2.11. The predicted molar refractivity (Wildman–Crippen MR) is 128 cm³/mol. The van der Waals surface area contributed by atoms with Gasteiger partial charge in [0.25, 0.3) is 0 Å². The van der Waals surface area contributed by atoms with E-state index in [4.69, 9.17) is 0 Å². The number of carbonyl (C=O) groups is 1. The standard InChI is InChI=1S/C23H27N3O5S.H2/c1-17-19(12-14-24-23(27)13-15-31-25-28)16-22(26(17)20-6-4-3-5-7-20)18-8-10-21(11-9-18)32(2,29)30;/h3-11,16,29-30H,12-15H2,1-2H3,(H,24,27);1H. The lowest BCUT2D eigenvalue weighted by molar-refractivity contribution is -0.122. The molecule has 172 valence electrons. The van der Waals surface area contributed by atoms with Gasteiger partial charge in [-0.15, -0.1) is 4.91 Å². The van der Waals surface area contributed by atoms with Crippen LogP contribution < -0.4 is 5.32 Å². The molecule has 3 aromatic rings. The number of rotatable bonds is 10. The lowest BCUT2D eigenvalue weighted by Gasteiger charge is -2.26. The second-order valence-electron chi connectivity index (χ2n) is 7.43. The summed E-state index contributed by atoms with van der Waals surface area (Å²) in [7, 11) is -2.77. The van der Waals surface area contributed by atoms with E-state index in [0.717, 1.165) is 28.2 Å². The van der Waals surface area contributed by atoms with E-state index in [1.165, 1.54) is 6.26 Å². The van der Waals surface area contributed by atoms with E-state index in [9.17, 15) is 18.8 Å².